The summed E-state index contributed by atoms with van der Waals surface area (Å²) < 4.78 is 15.3. The molecule has 5 heteroatoms. The summed E-state index contributed by atoms with van der Waals surface area (Å²) in [4.78, 5) is 23.9. The molecule has 1 aliphatic heterocycles. The van der Waals surface area contributed by atoms with Crippen molar-refractivity contribution < 1.29 is 23.8 Å². The summed E-state index contributed by atoms with van der Waals surface area (Å²) in [5, 5.41) is 0. The van der Waals surface area contributed by atoms with E-state index in [-0.39, 0.29) is 36.5 Å². The summed E-state index contributed by atoms with van der Waals surface area (Å²) in [5.41, 5.74) is 0. The van der Waals surface area contributed by atoms with Gasteiger partial charge in [-0.15, -0.1) is 0 Å². The molecule has 0 aromatic rings. The molecule has 0 aromatic heterocycles. The van der Waals surface area contributed by atoms with Crippen molar-refractivity contribution in [3.05, 3.63) is 12.7 Å². The molecule has 0 bridgehead atoms. The number of carbonyl (C=O) groups excluding carboxylic acids is 2. The third-order valence-corrected chi connectivity index (χ3v) is 3.53. The molecule has 1 heterocycles. The van der Waals surface area contributed by atoms with Gasteiger partial charge in [0.15, 0.2) is 0 Å². The van der Waals surface area contributed by atoms with Crippen molar-refractivity contribution in [2.45, 2.75) is 31.8 Å². The van der Waals surface area contributed by atoms with Gasteiger partial charge in [0, 0.05) is 0 Å². The topological polar surface area (TPSA) is 65.1 Å². The van der Waals surface area contributed by atoms with Crippen molar-refractivity contribution in [2.24, 2.45) is 11.8 Å². The number of ether oxygens (including phenoxy) is 3. The van der Waals surface area contributed by atoms with Gasteiger partial charge < -0.3 is 14.2 Å². The Bertz CT molecular complexity index is 348. The monoisotopic (exact) mass is 268 g/mol. The molecule has 2 fully saturated rings. The molecule has 1 saturated carbocycles. The molecule has 2 rings (SSSR count). The van der Waals surface area contributed by atoms with E-state index in [1.807, 2.05) is 0 Å². The summed E-state index contributed by atoms with van der Waals surface area (Å²) in [5.74, 6) is -1.36. The molecular weight excluding hydrogens is 248 g/mol. The van der Waals surface area contributed by atoms with Crippen LogP contribution < -0.4 is 0 Å². The Balaban J connectivity index is 1.87. The highest BCUT2D eigenvalue weighted by molar-refractivity contribution is 5.82. The maximum absolute atomic E-state index is 12.0. The van der Waals surface area contributed by atoms with Gasteiger partial charge >= 0.3 is 11.9 Å². The van der Waals surface area contributed by atoms with Crippen LogP contribution in [0.25, 0.3) is 0 Å². The lowest BCUT2D eigenvalue weighted by atomic mass is 9.79. The summed E-state index contributed by atoms with van der Waals surface area (Å²) >= 11 is 0. The number of carbonyl (C=O) groups is 2. The summed E-state index contributed by atoms with van der Waals surface area (Å²) in [6, 6.07) is 0. The van der Waals surface area contributed by atoms with E-state index in [1.54, 1.807) is 0 Å². The molecule has 5 nitrogen and oxygen atoms in total. The number of epoxide rings is 1. The zero-order valence-electron chi connectivity index (χ0n) is 11.0. The summed E-state index contributed by atoms with van der Waals surface area (Å²) in [6.45, 7) is 4.64. The Morgan fingerprint density at radius 1 is 1.16 bits per heavy atom. The minimum absolute atomic E-state index is 0.0544. The van der Waals surface area contributed by atoms with Crippen LogP contribution in [-0.4, -0.2) is 37.9 Å². The van der Waals surface area contributed by atoms with Gasteiger partial charge in [0.25, 0.3) is 0 Å². The fourth-order valence-electron chi connectivity index (χ4n) is 2.39. The second-order valence-electron chi connectivity index (χ2n) is 5.00. The van der Waals surface area contributed by atoms with Gasteiger partial charge in [0.2, 0.25) is 0 Å². The van der Waals surface area contributed by atoms with E-state index in [4.69, 9.17) is 14.2 Å². The quantitative estimate of drug-likeness (QED) is 0.414. The third kappa shape index (κ3) is 4.06. The number of hydrogen-bond acceptors (Lipinski definition) is 5. The van der Waals surface area contributed by atoms with E-state index in [0.717, 1.165) is 12.8 Å². The predicted molar refractivity (Wildman–Crippen MR) is 67.3 cm³/mol. The molecular formula is C14H20O5. The first-order valence-electron chi connectivity index (χ1n) is 6.78. The lowest BCUT2D eigenvalue weighted by Crippen LogP contribution is -2.35. The van der Waals surface area contributed by atoms with Crippen LogP contribution >= 0.6 is 0 Å². The van der Waals surface area contributed by atoms with E-state index in [1.165, 1.54) is 6.08 Å². The van der Waals surface area contributed by atoms with Gasteiger partial charge in [0.1, 0.15) is 19.3 Å². The van der Waals surface area contributed by atoms with E-state index in [9.17, 15) is 9.59 Å². The lowest BCUT2D eigenvalue weighted by Gasteiger charge is -2.28. The van der Waals surface area contributed by atoms with Gasteiger partial charge in [-0.05, 0) is 12.8 Å². The number of hydrogen-bond donors (Lipinski definition) is 0. The van der Waals surface area contributed by atoms with Gasteiger partial charge in [-0.2, -0.15) is 0 Å². The van der Waals surface area contributed by atoms with Crippen LogP contribution in [0.2, 0.25) is 0 Å². The summed E-state index contributed by atoms with van der Waals surface area (Å²) in [6.07, 6.45) is 4.86. The van der Waals surface area contributed by atoms with Crippen molar-refractivity contribution in [2.75, 3.05) is 19.8 Å². The van der Waals surface area contributed by atoms with E-state index in [0.29, 0.717) is 26.1 Å². The molecule has 0 N–H and O–H groups in total. The lowest BCUT2D eigenvalue weighted by molar-refractivity contribution is -0.162. The average molecular weight is 268 g/mol. The van der Waals surface area contributed by atoms with Crippen molar-refractivity contribution in [3.63, 3.8) is 0 Å². The Morgan fingerprint density at radius 2 is 1.74 bits per heavy atom. The van der Waals surface area contributed by atoms with Crippen LogP contribution in [0.15, 0.2) is 12.7 Å². The molecule has 3 atom stereocenters. The Kier molecular flexibility index (Phi) is 4.96. The van der Waals surface area contributed by atoms with Crippen molar-refractivity contribution in [1.82, 2.24) is 0 Å². The standard InChI is InChI=1S/C14H20O5/c1-2-7-17-13(15)11-5-3-4-6-12(11)14(16)19-9-10-8-18-10/h2,10-12H,1,3-9H2. The average Bonchev–Trinajstić information content (AvgIpc) is 3.26. The van der Waals surface area contributed by atoms with Crippen LogP contribution in [-0.2, 0) is 23.8 Å². The molecule has 2 aliphatic rings. The van der Waals surface area contributed by atoms with E-state index >= 15 is 0 Å². The van der Waals surface area contributed by atoms with Crippen LogP contribution in [0, 0.1) is 11.8 Å². The smallest absolute Gasteiger partial charge is 0.310 e. The molecule has 1 saturated heterocycles. The molecule has 0 radical (unpaired) electrons. The number of rotatable bonds is 6. The second-order valence-corrected chi connectivity index (χ2v) is 5.00. The van der Waals surface area contributed by atoms with Crippen molar-refractivity contribution >= 4 is 11.9 Å². The Hall–Kier alpha value is -1.36. The first-order valence-corrected chi connectivity index (χ1v) is 6.78. The van der Waals surface area contributed by atoms with Crippen LogP contribution in [0.4, 0.5) is 0 Å². The van der Waals surface area contributed by atoms with Crippen LogP contribution in [0.3, 0.4) is 0 Å². The van der Waals surface area contributed by atoms with Gasteiger partial charge in [-0.3, -0.25) is 9.59 Å². The van der Waals surface area contributed by atoms with Gasteiger partial charge in [-0.25, -0.2) is 0 Å². The third-order valence-electron chi connectivity index (χ3n) is 3.53. The SMILES string of the molecule is C=CCOC(=O)C1CCCCC1C(=O)OCC1CO1. The maximum Gasteiger partial charge on any atom is 0.310 e. The molecule has 3 unspecified atom stereocenters. The van der Waals surface area contributed by atoms with Crippen molar-refractivity contribution in [3.8, 4) is 0 Å². The minimum Gasteiger partial charge on any atom is -0.463 e. The highest BCUT2D eigenvalue weighted by atomic mass is 16.6. The first kappa shape index (κ1) is 14.1. The minimum atomic E-state index is -0.374. The Morgan fingerprint density at radius 3 is 2.26 bits per heavy atom. The van der Waals surface area contributed by atoms with Crippen LogP contribution in [0.1, 0.15) is 25.7 Å². The first-order chi connectivity index (χ1) is 9.22. The zero-order chi connectivity index (χ0) is 13.7. The highest BCUT2D eigenvalue weighted by Crippen LogP contribution is 2.32. The second kappa shape index (κ2) is 6.70. The fourth-order valence-corrected chi connectivity index (χ4v) is 2.39. The van der Waals surface area contributed by atoms with E-state index < -0.39 is 0 Å². The number of esters is 2. The molecule has 106 valence electrons. The Labute approximate surface area is 112 Å². The van der Waals surface area contributed by atoms with Gasteiger partial charge in [0.05, 0.1) is 18.4 Å². The van der Waals surface area contributed by atoms with Crippen LogP contribution in [0.5, 0.6) is 0 Å². The normalized spacial score (nSPS) is 29.4. The molecule has 19 heavy (non-hydrogen) atoms. The predicted octanol–water partition coefficient (Wildman–Crippen LogP) is 1.46. The highest BCUT2D eigenvalue weighted by Gasteiger charge is 2.38. The molecule has 0 spiro atoms. The molecule has 0 amide bonds. The van der Waals surface area contributed by atoms with Crippen molar-refractivity contribution in [1.29, 1.82) is 0 Å². The van der Waals surface area contributed by atoms with Gasteiger partial charge in [-0.1, -0.05) is 25.5 Å². The maximum atomic E-state index is 12.0. The van der Waals surface area contributed by atoms with E-state index in [2.05, 4.69) is 6.58 Å². The zero-order valence-corrected chi connectivity index (χ0v) is 11.0. The fraction of sp³-hybridized carbons (Fsp3) is 0.714. The summed E-state index contributed by atoms with van der Waals surface area (Å²) in [7, 11) is 0. The molecule has 1 aliphatic carbocycles. The molecule has 0 aromatic carbocycles. The largest absolute Gasteiger partial charge is 0.463 e.